The number of benzene rings is 1. The molecule has 0 bridgehead atoms. The van der Waals surface area contributed by atoms with Crippen LogP contribution in [0.3, 0.4) is 0 Å². The minimum absolute atomic E-state index is 0.124. The molecule has 1 aromatic rings. The predicted octanol–water partition coefficient (Wildman–Crippen LogP) is 3.82. The predicted molar refractivity (Wildman–Crippen MR) is 75.4 cm³/mol. The van der Waals surface area contributed by atoms with Crippen LogP contribution in [-0.2, 0) is 5.88 Å². The van der Waals surface area contributed by atoms with Crippen molar-refractivity contribution in [1.29, 1.82) is 0 Å². The Labute approximate surface area is 113 Å². The van der Waals surface area contributed by atoms with Crippen LogP contribution in [0.15, 0.2) is 18.2 Å². The average molecular weight is 271 g/mol. The number of rotatable bonds is 6. The third-order valence-electron chi connectivity index (χ3n) is 2.84. The second-order valence-electron chi connectivity index (χ2n) is 4.82. The van der Waals surface area contributed by atoms with Crippen LogP contribution >= 0.6 is 11.6 Å². The van der Waals surface area contributed by atoms with Gasteiger partial charge in [0, 0.05) is 25.5 Å². The molecule has 0 aromatic heterocycles. The molecule has 0 saturated heterocycles. The maximum atomic E-state index is 11.1. The number of halogens is 1. The zero-order chi connectivity index (χ0) is 13.7. The Hall–Kier alpha value is -1.29. The van der Waals surface area contributed by atoms with Gasteiger partial charge in [-0.05, 0) is 24.0 Å². The van der Waals surface area contributed by atoms with Crippen LogP contribution in [0, 0.1) is 16.0 Å². The van der Waals surface area contributed by atoms with Crippen LogP contribution in [-0.4, -0.2) is 18.5 Å². The van der Waals surface area contributed by atoms with Crippen molar-refractivity contribution >= 4 is 23.0 Å². The third-order valence-corrected chi connectivity index (χ3v) is 3.15. The van der Waals surface area contributed by atoms with Gasteiger partial charge in [-0.2, -0.15) is 0 Å². The van der Waals surface area contributed by atoms with Gasteiger partial charge in [0.25, 0.3) is 5.69 Å². The van der Waals surface area contributed by atoms with Crippen molar-refractivity contribution in [3.8, 4) is 0 Å². The minimum Gasteiger partial charge on any atom is -0.369 e. The minimum atomic E-state index is -0.350. The third kappa shape index (κ3) is 3.88. The normalized spacial score (nSPS) is 10.7. The summed E-state index contributed by atoms with van der Waals surface area (Å²) in [5.74, 6) is 0.866. The monoisotopic (exact) mass is 270 g/mol. The molecule has 0 heterocycles. The van der Waals surface area contributed by atoms with E-state index in [2.05, 4.69) is 13.8 Å². The van der Waals surface area contributed by atoms with E-state index >= 15 is 0 Å². The molecular weight excluding hydrogens is 252 g/mol. The summed E-state index contributed by atoms with van der Waals surface area (Å²) in [6.45, 7) is 5.08. The molecule has 0 N–H and O–H groups in total. The van der Waals surface area contributed by atoms with Gasteiger partial charge in [-0.3, -0.25) is 10.1 Å². The number of anilines is 1. The van der Waals surface area contributed by atoms with Gasteiger partial charge in [0.1, 0.15) is 5.69 Å². The van der Waals surface area contributed by atoms with Gasteiger partial charge in [0.05, 0.1) is 4.92 Å². The van der Waals surface area contributed by atoms with Gasteiger partial charge >= 0.3 is 0 Å². The highest BCUT2D eigenvalue weighted by Gasteiger charge is 2.17. The molecular formula is C13H19ClN2O2. The van der Waals surface area contributed by atoms with Crippen molar-refractivity contribution in [2.24, 2.45) is 5.92 Å². The zero-order valence-electron chi connectivity index (χ0n) is 11.0. The zero-order valence-corrected chi connectivity index (χ0v) is 11.8. The molecule has 0 amide bonds. The molecule has 100 valence electrons. The molecule has 0 atom stereocenters. The first-order valence-electron chi connectivity index (χ1n) is 6.00. The van der Waals surface area contributed by atoms with E-state index in [1.807, 2.05) is 18.0 Å². The van der Waals surface area contributed by atoms with Crippen molar-refractivity contribution in [2.75, 3.05) is 18.5 Å². The number of hydrogen-bond donors (Lipinski definition) is 0. The van der Waals surface area contributed by atoms with Crippen molar-refractivity contribution in [1.82, 2.24) is 0 Å². The van der Waals surface area contributed by atoms with Gasteiger partial charge < -0.3 is 4.90 Å². The summed E-state index contributed by atoms with van der Waals surface area (Å²) in [6.07, 6.45) is 1.00. The van der Waals surface area contributed by atoms with E-state index in [1.54, 1.807) is 12.1 Å². The van der Waals surface area contributed by atoms with E-state index in [0.29, 0.717) is 11.6 Å². The molecule has 0 unspecified atom stereocenters. The van der Waals surface area contributed by atoms with E-state index in [4.69, 9.17) is 11.6 Å². The molecule has 18 heavy (non-hydrogen) atoms. The summed E-state index contributed by atoms with van der Waals surface area (Å²) in [5, 5.41) is 11.1. The van der Waals surface area contributed by atoms with Crippen LogP contribution in [0.4, 0.5) is 11.4 Å². The highest BCUT2D eigenvalue weighted by molar-refractivity contribution is 6.17. The second-order valence-corrected chi connectivity index (χ2v) is 5.09. The lowest BCUT2D eigenvalue weighted by atomic mass is 10.1. The number of nitro groups is 1. The molecule has 1 aromatic carbocycles. The quantitative estimate of drug-likeness (QED) is 0.448. The molecule has 5 heteroatoms. The van der Waals surface area contributed by atoms with Crippen molar-refractivity contribution in [3.05, 3.63) is 33.9 Å². The van der Waals surface area contributed by atoms with E-state index in [-0.39, 0.29) is 16.5 Å². The summed E-state index contributed by atoms with van der Waals surface area (Å²) in [5.41, 5.74) is 1.54. The van der Waals surface area contributed by atoms with E-state index in [1.165, 1.54) is 0 Å². The van der Waals surface area contributed by atoms with E-state index in [0.717, 1.165) is 18.5 Å². The fourth-order valence-corrected chi connectivity index (χ4v) is 1.86. The van der Waals surface area contributed by atoms with Crippen LogP contribution in [0.25, 0.3) is 0 Å². The summed E-state index contributed by atoms with van der Waals surface area (Å²) in [7, 11) is 1.88. The molecule has 0 radical (unpaired) electrons. The molecule has 0 saturated carbocycles. The Morgan fingerprint density at radius 2 is 2.11 bits per heavy atom. The number of hydrogen-bond acceptors (Lipinski definition) is 3. The smallest absolute Gasteiger partial charge is 0.292 e. The van der Waals surface area contributed by atoms with Crippen LogP contribution in [0.2, 0.25) is 0 Å². The van der Waals surface area contributed by atoms with Crippen LogP contribution in [0.5, 0.6) is 0 Å². The first-order valence-corrected chi connectivity index (χ1v) is 6.53. The van der Waals surface area contributed by atoms with Gasteiger partial charge in [0.2, 0.25) is 0 Å². The van der Waals surface area contributed by atoms with Crippen molar-refractivity contribution < 1.29 is 4.92 Å². The summed E-state index contributed by atoms with van der Waals surface area (Å²) < 4.78 is 0. The molecule has 0 aliphatic heterocycles. The van der Waals surface area contributed by atoms with Crippen molar-refractivity contribution in [2.45, 2.75) is 26.1 Å². The molecule has 4 nitrogen and oxygen atoms in total. The molecule has 1 rings (SSSR count). The molecule has 0 fully saturated rings. The Morgan fingerprint density at radius 3 is 2.61 bits per heavy atom. The Balaban J connectivity index is 2.96. The van der Waals surface area contributed by atoms with Crippen LogP contribution < -0.4 is 4.90 Å². The fraction of sp³-hybridized carbons (Fsp3) is 0.538. The Kier molecular flexibility index (Phi) is 5.41. The largest absolute Gasteiger partial charge is 0.369 e. The summed E-state index contributed by atoms with van der Waals surface area (Å²) >= 11 is 5.70. The molecule has 0 aliphatic rings. The van der Waals surface area contributed by atoms with Gasteiger partial charge in [-0.1, -0.05) is 19.9 Å². The van der Waals surface area contributed by atoms with E-state index < -0.39 is 0 Å². The van der Waals surface area contributed by atoms with Crippen LogP contribution in [0.1, 0.15) is 25.8 Å². The number of alkyl halides is 1. The average Bonchev–Trinajstić information content (AvgIpc) is 2.34. The summed E-state index contributed by atoms with van der Waals surface area (Å²) in [6, 6.07) is 5.16. The number of nitro benzene ring substituents is 1. The molecule has 0 spiro atoms. The van der Waals surface area contributed by atoms with Gasteiger partial charge in [0.15, 0.2) is 0 Å². The topological polar surface area (TPSA) is 46.4 Å². The second kappa shape index (κ2) is 6.59. The highest BCUT2D eigenvalue weighted by atomic mass is 35.5. The maximum Gasteiger partial charge on any atom is 0.292 e. The summed E-state index contributed by atoms with van der Waals surface area (Å²) in [4.78, 5) is 12.6. The fourth-order valence-electron chi connectivity index (χ4n) is 1.69. The van der Waals surface area contributed by atoms with E-state index in [9.17, 15) is 10.1 Å². The lowest BCUT2D eigenvalue weighted by Gasteiger charge is -2.20. The van der Waals surface area contributed by atoms with Gasteiger partial charge in [-0.25, -0.2) is 0 Å². The lowest BCUT2D eigenvalue weighted by molar-refractivity contribution is -0.384. The Morgan fingerprint density at radius 1 is 1.44 bits per heavy atom. The Bertz CT molecular complexity index is 421. The van der Waals surface area contributed by atoms with Gasteiger partial charge in [-0.15, -0.1) is 11.6 Å². The number of nitrogens with zero attached hydrogens (tertiary/aromatic N) is 2. The highest BCUT2D eigenvalue weighted by Crippen LogP contribution is 2.29. The molecule has 0 aliphatic carbocycles. The first-order chi connectivity index (χ1) is 8.45. The lowest BCUT2D eigenvalue weighted by Crippen LogP contribution is -2.21. The standard InChI is InChI=1S/C13H19ClN2O2/c1-10(2)6-7-15(3)12-5-4-11(9-14)8-13(12)16(17)18/h4-5,8,10H,6-7,9H2,1-3H3. The van der Waals surface area contributed by atoms with Crippen molar-refractivity contribution in [3.63, 3.8) is 0 Å². The first kappa shape index (κ1) is 14.8. The maximum absolute atomic E-state index is 11.1. The SMILES string of the molecule is CC(C)CCN(C)c1ccc(CCl)cc1[N+](=O)[O-].